The summed E-state index contributed by atoms with van der Waals surface area (Å²) < 4.78 is 88.3. The fourth-order valence-corrected chi connectivity index (χ4v) is 14.4. The maximum Gasteiger partial charge on any atom is 0.417 e. The number of carbonyl (C=O) groups is 2. The summed E-state index contributed by atoms with van der Waals surface area (Å²) in [5, 5.41) is 49.4. The van der Waals surface area contributed by atoms with E-state index < -0.39 is 53.2 Å². The standard InChI is InChI=1S/C62H73F5N16O5/c1-6-82-47(16-20-70-82)38-10-8-37(9-11-38)46(30-84)72-57(86)48-24-42(85)29-81(48)58(87)53(34(2)3)83-28-41(75-77-83)12-7-36-17-21-79(22-18-36)32-60(31-61(60,63)64)33-88-59-73-55-50(56(74-59)80-26-39-13-14-40(27-80)71-39)43-15-19-68-52(54(43)78(55)5)49-44-25-69-76-45(44)23-35(4)51(49)62(65,66)67/h8-11,15-16,19-20,23,25,28,34,36,39-40,42,46,48,53,71,84-85H,6-7,12-14,17-18,21-22,24,26-27,29-33H2,1-5H3,(H,69,76)(H,72,86)/t39?,40?,42-,46+,48+,53+,60-/m1/s1. The Labute approximate surface area is 504 Å². The van der Waals surface area contributed by atoms with Gasteiger partial charge in [0, 0.05) is 99.6 Å². The number of alkyl halides is 5. The van der Waals surface area contributed by atoms with Gasteiger partial charge in [-0.1, -0.05) is 43.3 Å². The highest BCUT2D eigenvalue weighted by atomic mass is 19.4. The molecule has 26 heteroatoms. The molecule has 0 spiro atoms. The number of piperazine rings is 1. The van der Waals surface area contributed by atoms with Gasteiger partial charge in [-0.3, -0.25) is 24.4 Å². The molecular formula is C62H73F5N16O5. The van der Waals surface area contributed by atoms with Crippen LogP contribution in [0.15, 0.2) is 67.3 Å². The van der Waals surface area contributed by atoms with Crippen LogP contribution in [0.3, 0.4) is 0 Å². The number of nitrogens with one attached hydrogen (secondary N) is 3. The molecule has 4 saturated heterocycles. The Hall–Kier alpha value is -7.68. The number of nitrogens with zero attached hydrogens (tertiary/aromatic N) is 13. The minimum Gasteiger partial charge on any atom is -0.462 e. The number of benzene rings is 2. The maximum atomic E-state index is 15.8. The zero-order chi connectivity index (χ0) is 61.6. The van der Waals surface area contributed by atoms with Crippen molar-refractivity contribution in [2.45, 2.75) is 134 Å². The van der Waals surface area contributed by atoms with Crippen LogP contribution in [0.5, 0.6) is 6.01 Å². The summed E-state index contributed by atoms with van der Waals surface area (Å²) in [5.74, 6) is -3.33. The van der Waals surface area contributed by atoms with Crippen LogP contribution in [0.1, 0.15) is 100 Å². The van der Waals surface area contributed by atoms with Gasteiger partial charge in [-0.25, -0.2) is 13.5 Å². The van der Waals surface area contributed by atoms with E-state index in [1.807, 2.05) is 55.8 Å². The number of aromatic amines is 1. The number of halogens is 5. The largest absolute Gasteiger partial charge is 0.462 e. The number of pyridine rings is 1. The average molecular weight is 1220 g/mol. The van der Waals surface area contributed by atoms with Crippen LogP contribution in [0.25, 0.3) is 55.4 Å². The van der Waals surface area contributed by atoms with Gasteiger partial charge >= 0.3 is 12.2 Å². The van der Waals surface area contributed by atoms with Gasteiger partial charge in [0.15, 0.2) is 0 Å². The van der Waals surface area contributed by atoms with Crippen LogP contribution in [0.2, 0.25) is 0 Å². The van der Waals surface area contributed by atoms with Gasteiger partial charge in [-0.2, -0.15) is 33.3 Å². The van der Waals surface area contributed by atoms with E-state index in [1.54, 1.807) is 34.8 Å². The number of β-amino-alcohol motifs (C(OH)–C–C–N with tert-alkyl or cyclic N) is 1. The van der Waals surface area contributed by atoms with Crippen molar-refractivity contribution in [2.75, 3.05) is 57.4 Å². The Morgan fingerprint density at radius 3 is 2.42 bits per heavy atom. The van der Waals surface area contributed by atoms with Gasteiger partial charge in [0.25, 0.3) is 5.92 Å². The fraction of sp³-hybridized carbons (Fsp3) is 0.532. The van der Waals surface area contributed by atoms with E-state index in [4.69, 9.17) is 14.7 Å². The number of hydrogen-bond donors (Lipinski definition) is 5. The molecular weight excluding hydrogens is 1140 g/mol. The summed E-state index contributed by atoms with van der Waals surface area (Å²) >= 11 is 0. The minimum absolute atomic E-state index is 0.0122. The Balaban J connectivity index is 0.662. The number of rotatable bonds is 19. The highest BCUT2D eigenvalue weighted by Crippen LogP contribution is 2.61. The molecule has 2 bridgehead atoms. The predicted molar refractivity (Wildman–Crippen MR) is 317 cm³/mol. The summed E-state index contributed by atoms with van der Waals surface area (Å²) in [6.45, 7) is 9.64. The van der Waals surface area contributed by atoms with Crippen LogP contribution in [-0.2, 0) is 35.8 Å². The molecule has 5 fully saturated rings. The Morgan fingerprint density at radius 2 is 1.73 bits per heavy atom. The molecule has 21 nitrogen and oxygen atoms in total. The lowest BCUT2D eigenvalue weighted by atomic mass is 9.91. The number of ether oxygens (including phenoxy) is 1. The number of aliphatic hydroxyl groups excluding tert-OH is 2. The minimum atomic E-state index is -4.72. The molecule has 7 atom stereocenters. The summed E-state index contributed by atoms with van der Waals surface area (Å²) in [5.41, 5.74) is 2.13. The summed E-state index contributed by atoms with van der Waals surface area (Å²) in [7, 11) is 1.72. The second kappa shape index (κ2) is 23.0. The Morgan fingerprint density at radius 1 is 0.977 bits per heavy atom. The van der Waals surface area contributed by atoms with Crippen LogP contribution < -0.4 is 20.3 Å². The molecule has 88 heavy (non-hydrogen) atoms. The smallest absolute Gasteiger partial charge is 0.417 e. The van der Waals surface area contributed by atoms with Crippen LogP contribution in [-0.4, -0.2) is 169 Å². The molecule has 2 unspecified atom stereocenters. The number of piperidine rings is 1. The molecule has 2 amide bonds. The zero-order valence-corrected chi connectivity index (χ0v) is 49.8. The lowest BCUT2D eigenvalue weighted by Gasteiger charge is -2.35. The number of amides is 2. The highest BCUT2D eigenvalue weighted by Gasteiger charge is 2.72. The number of hydrogen-bond acceptors (Lipinski definition) is 15. The zero-order valence-electron chi connectivity index (χ0n) is 49.8. The van der Waals surface area contributed by atoms with Crippen LogP contribution >= 0.6 is 0 Å². The molecule has 6 aromatic heterocycles. The number of anilines is 1. The van der Waals surface area contributed by atoms with Gasteiger partial charge < -0.3 is 44.9 Å². The maximum absolute atomic E-state index is 15.8. The van der Waals surface area contributed by atoms with E-state index in [9.17, 15) is 19.8 Å². The number of aromatic nitrogens is 11. The number of fused-ring (bicyclic) bond motifs is 6. The van der Waals surface area contributed by atoms with Crippen molar-refractivity contribution in [1.29, 1.82) is 0 Å². The van der Waals surface area contributed by atoms with Crippen molar-refractivity contribution < 1.29 is 46.5 Å². The third kappa shape index (κ3) is 10.9. The third-order valence-corrected chi connectivity index (χ3v) is 19.1. The monoisotopic (exact) mass is 1220 g/mol. The van der Waals surface area contributed by atoms with E-state index in [2.05, 4.69) is 51.0 Å². The van der Waals surface area contributed by atoms with Crippen LogP contribution in [0.4, 0.5) is 27.8 Å². The summed E-state index contributed by atoms with van der Waals surface area (Å²) in [6, 6.07) is 10.3. The van der Waals surface area contributed by atoms with Crippen molar-refractivity contribution in [3.05, 3.63) is 89.6 Å². The van der Waals surface area contributed by atoms with E-state index in [1.165, 1.54) is 30.3 Å². The second-order valence-electron chi connectivity index (χ2n) is 25.3. The third-order valence-electron chi connectivity index (χ3n) is 19.1. The van der Waals surface area contributed by atoms with Gasteiger partial charge in [0.1, 0.15) is 30.2 Å². The fourth-order valence-electron chi connectivity index (χ4n) is 14.4. The first-order chi connectivity index (χ1) is 42.2. The van der Waals surface area contributed by atoms with Crippen molar-refractivity contribution in [3.8, 4) is 28.5 Å². The SMILES string of the molecule is CCn1nccc1-c1ccc([C@H](CO)NC(=O)[C@@H]2C[C@@H](O)CN2C(=O)[C@H](C(C)C)n2cc(CCC3CCN(C[C@@]4(COc5nc(N6CC7CCC(C6)N7)c6c7ccnc(-c8c(C(F)(F)F)c(C)cc9[nH]ncc89)c7n(C)c6n5)CC4(F)F)CC3)nn2)cc1. The average Bonchev–Trinajstić information content (AvgIpc) is 1.56. The molecule has 13 rings (SSSR count). The first-order valence-electron chi connectivity index (χ1n) is 30.6. The first kappa shape index (κ1) is 59.3. The molecule has 8 aromatic rings. The van der Waals surface area contributed by atoms with Gasteiger partial charge in [-0.05, 0) is 112 Å². The molecule has 4 aliphatic heterocycles. The lowest BCUT2D eigenvalue weighted by Crippen LogP contribution is -2.51. The normalized spacial score (nSPS) is 23.1. The van der Waals surface area contributed by atoms with Gasteiger partial charge in [0.2, 0.25) is 11.8 Å². The molecule has 466 valence electrons. The summed E-state index contributed by atoms with van der Waals surface area (Å²) in [4.78, 5) is 48.5. The number of carbonyl (C=O) groups excluding carboxylic acids is 2. The van der Waals surface area contributed by atoms with E-state index in [0.29, 0.717) is 83.7 Å². The molecule has 10 heterocycles. The number of H-pyrrole nitrogens is 1. The van der Waals surface area contributed by atoms with Crippen molar-refractivity contribution in [1.82, 2.24) is 74.9 Å². The van der Waals surface area contributed by atoms with E-state index >= 15 is 22.0 Å². The Kier molecular flexibility index (Phi) is 15.5. The number of aryl methyl sites for hydroxylation is 4. The molecule has 2 aromatic carbocycles. The quantitative estimate of drug-likeness (QED) is 0.0491. The van der Waals surface area contributed by atoms with Gasteiger partial charge in [-0.15, -0.1) is 5.10 Å². The van der Waals surface area contributed by atoms with Gasteiger partial charge in [0.05, 0.1) is 69.4 Å². The van der Waals surface area contributed by atoms with Crippen molar-refractivity contribution in [3.63, 3.8) is 0 Å². The van der Waals surface area contributed by atoms with Crippen molar-refractivity contribution >= 4 is 50.5 Å². The molecule has 5 N–H and O–H groups in total. The highest BCUT2D eigenvalue weighted by molar-refractivity contribution is 6.17. The van der Waals surface area contributed by atoms with Crippen molar-refractivity contribution in [2.24, 2.45) is 24.3 Å². The number of aliphatic hydroxyl groups is 2. The molecule has 1 saturated carbocycles. The predicted octanol–water partition coefficient (Wildman–Crippen LogP) is 7.56. The van der Waals surface area contributed by atoms with Crippen LogP contribution in [0, 0.1) is 24.2 Å². The molecule has 0 radical (unpaired) electrons. The lowest BCUT2D eigenvalue weighted by molar-refractivity contribution is -0.142. The number of likely N-dealkylation sites (tertiary alicyclic amines) is 2. The first-order valence-corrected chi connectivity index (χ1v) is 30.6. The molecule has 5 aliphatic rings. The second-order valence-corrected chi connectivity index (χ2v) is 25.3. The van der Waals surface area contributed by atoms with E-state index in [0.717, 1.165) is 43.4 Å². The summed E-state index contributed by atoms with van der Waals surface area (Å²) in [6.07, 6.45) is 5.20. The molecule has 1 aliphatic carbocycles. The Bertz CT molecular complexity index is 3900. The van der Waals surface area contributed by atoms with E-state index in [-0.39, 0.29) is 97.2 Å². The topological polar surface area (TPSA) is 238 Å².